The molecule has 0 unspecified atom stereocenters. The largest absolute Gasteiger partial charge is 0.422 e. The van der Waals surface area contributed by atoms with Crippen LogP contribution in [-0.2, 0) is 0 Å². The first kappa shape index (κ1) is 17.8. The Bertz CT molecular complexity index is 1460. The summed E-state index contributed by atoms with van der Waals surface area (Å²) >= 11 is 7.47. The van der Waals surface area contributed by atoms with E-state index in [1.807, 2.05) is 43.3 Å². The van der Waals surface area contributed by atoms with Gasteiger partial charge in [-0.3, -0.25) is 10.1 Å². The van der Waals surface area contributed by atoms with Crippen molar-refractivity contribution in [2.24, 2.45) is 0 Å². The Morgan fingerprint density at radius 3 is 2.79 bits per heavy atom. The Balaban J connectivity index is 1.58. The molecule has 29 heavy (non-hydrogen) atoms. The highest BCUT2D eigenvalue weighted by Gasteiger charge is 2.17. The Hall–Kier alpha value is -3.22. The molecule has 0 fully saturated rings. The second kappa shape index (κ2) is 6.69. The summed E-state index contributed by atoms with van der Waals surface area (Å²) in [5.41, 5.74) is 1.31. The van der Waals surface area contributed by atoms with E-state index in [0.717, 1.165) is 21.0 Å². The zero-order chi connectivity index (χ0) is 20.1. The van der Waals surface area contributed by atoms with Crippen LogP contribution in [0.2, 0.25) is 5.02 Å². The number of nitrogens with one attached hydrogen (secondary N) is 1. The van der Waals surface area contributed by atoms with E-state index in [1.54, 1.807) is 18.2 Å². The first-order chi connectivity index (χ1) is 14.0. The van der Waals surface area contributed by atoms with Crippen LogP contribution in [0.25, 0.3) is 32.0 Å². The van der Waals surface area contributed by atoms with E-state index in [0.29, 0.717) is 26.6 Å². The number of hydrogen-bond acceptors (Lipinski definition) is 5. The predicted octanol–water partition coefficient (Wildman–Crippen LogP) is 5.77. The molecule has 0 aliphatic heterocycles. The second-order valence-corrected chi connectivity index (χ2v) is 8.13. The van der Waals surface area contributed by atoms with Crippen molar-refractivity contribution in [3.63, 3.8) is 0 Å². The summed E-state index contributed by atoms with van der Waals surface area (Å²) < 4.78 is 6.30. The highest BCUT2D eigenvalue weighted by atomic mass is 35.5. The predicted molar refractivity (Wildman–Crippen MR) is 117 cm³/mol. The third-order valence-electron chi connectivity index (χ3n) is 4.78. The van der Waals surface area contributed by atoms with Crippen LogP contribution >= 0.6 is 22.9 Å². The third-order valence-corrected chi connectivity index (χ3v) is 6.12. The lowest BCUT2D eigenvalue weighted by molar-refractivity contribution is 0.102. The van der Waals surface area contributed by atoms with Crippen LogP contribution in [-0.4, -0.2) is 10.9 Å². The van der Waals surface area contributed by atoms with Crippen LogP contribution in [0.15, 0.2) is 63.8 Å². The fourth-order valence-corrected chi connectivity index (χ4v) is 4.40. The molecule has 2 heterocycles. The minimum absolute atomic E-state index is 0.0673. The van der Waals surface area contributed by atoms with Crippen molar-refractivity contribution in [3.8, 4) is 0 Å². The van der Waals surface area contributed by atoms with E-state index < -0.39 is 11.5 Å². The van der Waals surface area contributed by atoms with Gasteiger partial charge in [-0.2, -0.15) is 0 Å². The Kier molecular flexibility index (Phi) is 4.12. The fraction of sp³-hybridized carbons (Fsp3) is 0.0455. The smallest absolute Gasteiger partial charge is 0.349 e. The van der Waals surface area contributed by atoms with Gasteiger partial charge in [-0.25, -0.2) is 9.78 Å². The van der Waals surface area contributed by atoms with Gasteiger partial charge in [0.15, 0.2) is 5.13 Å². The summed E-state index contributed by atoms with van der Waals surface area (Å²) in [6.07, 6.45) is 0. The van der Waals surface area contributed by atoms with E-state index in [1.165, 1.54) is 11.3 Å². The SMILES string of the molecule is Cc1cc2sc(NC(=O)c3cc4c(ccc5ccccc54)oc3=O)nc2cc1Cl. The molecule has 0 aliphatic rings. The number of thiazole rings is 1. The molecule has 1 N–H and O–H groups in total. The van der Waals surface area contributed by atoms with E-state index in [2.05, 4.69) is 10.3 Å². The van der Waals surface area contributed by atoms with Gasteiger partial charge in [0.2, 0.25) is 0 Å². The summed E-state index contributed by atoms with van der Waals surface area (Å²) in [4.78, 5) is 29.6. The maximum atomic E-state index is 12.8. The van der Waals surface area contributed by atoms with Crippen molar-refractivity contribution < 1.29 is 9.21 Å². The number of carbonyl (C=O) groups is 1. The number of nitrogens with zero attached hydrogens (tertiary/aromatic N) is 1. The fourth-order valence-electron chi connectivity index (χ4n) is 3.30. The van der Waals surface area contributed by atoms with Gasteiger partial charge in [-0.1, -0.05) is 53.3 Å². The summed E-state index contributed by atoms with van der Waals surface area (Å²) in [6.45, 7) is 1.91. The molecular formula is C22H13ClN2O3S. The first-order valence-corrected chi connectivity index (χ1v) is 10.0. The van der Waals surface area contributed by atoms with Gasteiger partial charge in [-0.15, -0.1) is 0 Å². The minimum Gasteiger partial charge on any atom is -0.422 e. The lowest BCUT2D eigenvalue weighted by Crippen LogP contribution is -2.20. The maximum Gasteiger partial charge on any atom is 0.349 e. The normalized spacial score (nSPS) is 11.4. The Labute approximate surface area is 173 Å². The summed E-state index contributed by atoms with van der Waals surface area (Å²) in [5.74, 6) is -0.560. The van der Waals surface area contributed by atoms with Crippen LogP contribution in [0.1, 0.15) is 15.9 Å². The van der Waals surface area contributed by atoms with Crippen molar-refractivity contribution in [3.05, 3.63) is 81.2 Å². The van der Waals surface area contributed by atoms with Crippen LogP contribution < -0.4 is 10.9 Å². The molecule has 0 bridgehead atoms. The summed E-state index contributed by atoms with van der Waals surface area (Å²) in [6, 6.07) is 16.6. The van der Waals surface area contributed by atoms with Crippen molar-refractivity contribution in [2.45, 2.75) is 6.92 Å². The molecule has 0 aliphatic carbocycles. The molecule has 5 rings (SSSR count). The number of amides is 1. The van der Waals surface area contributed by atoms with Crippen LogP contribution in [0.4, 0.5) is 5.13 Å². The minimum atomic E-state index is -0.690. The van der Waals surface area contributed by atoms with Gasteiger partial charge < -0.3 is 4.42 Å². The number of carbonyl (C=O) groups excluding carboxylic acids is 1. The standard InChI is InChI=1S/C22H13ClN2O3S/c1-11-8-19-17(10-16(11)23)24-22(29-19)25-20(26)15-9-14-13-5-3-2-4-12(13)6-7-18(14)28-21(15)27/h2-10H,1H3,(H,24,25,26). The van der Waals surface area contributed by atoms with Crippen molar-refractivity contribution in [1.82, 2.24) is 4.98 Å². The molecule has 0 radical (unpaired) electrons. The quantitative estimate of drug-likeness (QED) is 0.290. The Morgan fingerprint density at radius 1 is 1.10 bits per heavy atom. The number of aryl methyl sites for hydroxylation is 1. The zero-order valence-corrected chi connectivity index (χ0v) is 16.7. The number of hydrogen-bond donors (Lipinski definition) is 1. The molecule has 0 saturated heterocycles. The van der Waals surface area contributed by atoms with E-state index in [9.17, 15) is 9.59 Å². The van der Waals surface area contributed by atoms with Gasteiger partial charge in [0.1, 0.15) is 11.1 Å². The summed E-state index contributed by atoms with van der Waals surface area (Å²) in [5, 5.41) is 6.33. The molecule has 0 spiro atoms. The van der Waals surface area contributed by atoms with Gasteiger partial charge in [0.25, 0.3) is 5.91 Å². The molecule has 1 amide bonds. The van der Waals surface area contributed by atoms with E-state index in [4.69, 9.17) is 16.0 Å². The second-order valence-electron chi connectivity index (χ2n) is 6.69. The molecule has 7 heteroatoms. The molecule has 2 aromatic heterocycles. The van der Waals surface area contributed by atoms with Gasteiger partial charge >= 0.3 is 5.63 Å². The maximum absolute atomic E-state index is 12.8. The topological polar surface area (TPSA) is 72.2 Å². The van der Waals surface area contributed by atoms with E-state index in [-0.39, 0.29) is 5.56 Å². The molecule has 0 atom stereocenters. The van der Waals surface area contributed by atoms with Gasteiger partial charge in [-0.05, 0) is 47.5 Å². The number of aromatic nitrogens is 1. The number of fused-ring (bicyclic) bond motifs is 4. The number of benzene rings is 3. The monoisotopic (exact) mass is 420 g/mol. The Morgan fingerprint density at radius 2 is 1.93 bits per heavy atom. The van der Waals surface area contributed by atoms with Crippen LogP contribution in [0, 0.1) is 6.92 Å². The van der Waals surface area contributed by atoms with Crippen molar-refractivity contribution in [2.75, 3.05) is 5.32 Å². The summed E-state index contributed by atoms with van der Waals surface area (Å²) in [7, 11) is 0. The molecule has 142 valence electrons. The molecule has 5 aromatic rings. The van der Waals surface area contributed by atoms with Crippen molar-refractivity contribution >= 4 is 65.9 Å². The average molecular weight is 421 g/mol. The van der Waals surface area contributed by atoms with Crippen LogP contribution in [0.5, 0.6) is 0 Å². The molecular weight excluding hydrogens is 408 g/mol. The van der Waals surface area contributed by atoms with Gasteiger partial charge in [0.05, 0.1) is 10.2 Å². The average Bonchev–Trinajstić information content (AvgIpc) is 3.08. The third kappa shape index (κ3) is 3.06. The van der Waals surface area contributed by atoms with Crippen LogP contribution in [0.3, 0.4) is 0 Å². The first-order valence-electron chi connectivity index (χ1n) is 8.83. The highest BCUT2D eigenvalue weighted by molar-refractivity contribution is 7.22. The number of anilines is 1. The molecule has 3 aromatic carbocycles. The van der Waals surface area contributed by atoms with E-state index >= 15 is 0 Å². The molecule has 0 saturated carbocycles. The molecule has 5 nitrogen and oxygen atoms in total. The number of halogens is 1. The highest BCUT2D eigenvalue weighted by Crippen LogP contribution is 2.31. The van der Waals surface area contributed by atoms with Gasteiger partial charge in [0, 0.05) is 10.4 Å². The lowest BCUT2D eigenvalue weighted by Gasteiger charge is -2.05. The lowest BCUT2D eigenvalue weighted by atomic mass is 10.0. The number of rotatable bonds is 2. The zero-order valence-electron chi connectivity index (χ0n) is 15.2. The van der Waals surface area contributed by atoms with Crippen molar-refractivity contribution in [1.29, 1.82) is 0 Å².